The van der Waals surface area contributed by atoms with Crippen molar-refractivity contribution >= 4 is 0 Å². The van der Waals surface area contributed by atoms with Gasteiger partial charge in [-0.3, -0.25) is 0 Å². The number of H-pyrrole nitrogens is 1. The van der Waals surface area contributed by atoms with Crippen LogP contribution in [-0.2, 0) is 6.42 Å². The van der Waals surface area contributed by atoms with E-state index in [1.165, 1.54) is 0 Å². The van der Waals surface area contributed by atoms with Crippen LogP contribution in [0.5, 0.6) is 0 Å². The molecule has 0 amide bonds. The second kappa shape index (κ2) is 4.71. The number of hydrogen-bond donors (Lipinski definition) is 2. The largest absolute Gasteiger partial charge is 0.359 e. The minimum Gasteiger partial charge on any atom is -0.359 e. The molecular weight excluding hydrogens is 216 g/mol. The zero-order valence-corrected chi connectivity index (χ0v) is 10.4. The Morgan fingerprint density at radius 1 is 1.41 bits per heavy atom. The predicted octanol–water partition coefficient (Wildman–Crippen LogP) is 2.00. The van der Waals surface area contributed by atoms with Crippen molar-refractivity contribution in [2.45, 2.75) is 32.7 Å². The van der Waals surface area contributed by atoms with E-state index in [0.29, 0.717) is 11.7 Å². The molecule has 5 heteroatoms. The van der Waals surface area contributed by atoms with Crippen molar-refractivity contribution in [2.24, 2.45) is 0 Å². The first-order chi connectivity index (χ1) is 8.04. The fourth-order valence-corrected chi connectivity index (χ4v) is 1.48. The van der Waals surface area contributed by atoms with E-state index in [4.69, 9.17) is 4.52 Å². The summed E-state index contributed by atoms with van der Waals surface area (Å²) in [5, 5.41) is 7.31. The molecule has 0 aliphatic heterocycles. The van der Waals surface area contributed by atoms with Crippen LogP contribution in [0.1, 0.15) is 26.7 Å². The van der Waals surface area contributed by atoms with Gasteiger partial charge >= 0.3 is 0 Å². The molecule has 0 bridgehead atoms. The highest BCUT2D eigenvalue weighted by Crippen LogP contribution is 2.12. The van der Waals surface area contributed by atoms with Crippen molar-refractivity contribution in [1.29, 1.82) is 0 Å². The lowest BCUT2D eigenvalue weighted by Gasteiger charge is -2.19. The predicted molar refractivity (Wildman–Crippen MR) is 65.5 cm³/mol. The van der Waals surface area contributed by atoms with Gasteiger partial charge in [-0.2, -0.15) is 4.98 Å². The lowest BCUT2D eigenvalue weighted by atomic mass is 10.1. The maximum absolute atomic E-state index is 5.18. The van der Waals surface area contributed by atoms with Crippen molar-refractivity contribution in [3.63, 3.8) is 0 Å². The highest BCUT2D eigenvalue weighted by molar-refractivity contribution is 5.47. The quantitative estimate of drug-likeness (QED) is 0.849. The minimum absolute atomic E-state index is 0.113. The first-order valence-corrected chi connectivity index (χ1v) is 5.76. The Kier molecular flexibility index (Phi) is 3.28. The summed E-state index contributed by atoms with van der Waals surface area (Å²) >= 11 is 0. The molecule has 0 atom stereocenters. The molecule has 92 valence electrons. The SMILES string of the molecule is CC(C)(C)NCCc1nc(-c2ccc[nH]2)no1. The van der Waals surface area contributed by atoms with E-state index in [0.717, 1.165) is 18.7 Å². The van der Waals surface area contributed by atoms with E-state index in [1.54, 1.807) is 0 Å². The number of aromatic amines is 1. The minimum atomic E-state index is 0.113. The fraction of sp³-hybridized carbons (Fsp3) is 0.500. The van der Waals surface area contributed by atoms with Gasteiger partial charge in [0.2, 0.25) is 11.7 Å². The molecule has 0 spiro atoms. The molecule has 2 rings (SSSR count). The lowest BCUT2D eigenvalue weighted by Crippen LogP contribution is -2.37. The van der Waals surface area contributed by atoms with Crippen LogP contribution in [-0.4, -0.2) is 27.2 Å². The first-order valence-electron chi connectivity index (χ1n) is 5.76. The van der Waals surface area contributed by atoms with Crippen LogP contribution in [0.15, 0.2) is 22.9 Å². The Labute approximate surface area is 101 Å². The number of nitrogens with one attached hydrogen (secondary N) is 2. The summed E-state index contributed by atoms with van der Waals surface area (Å²) in [6.07, 6.45) is 2.58. The fourth-order valence-electron chi connectivity index (χ4n) is 1.48. The average Bonchev–Trinajstić information content (AvgIpc) is 2.83. The van der Waals surface area contributed by atoms with Gasteiger partial charge < -0.3 is 14.8 Å². The maximum atomic E-state index is 5.18. The second-order valence-electron chi connectivity index (χ2n) is 5.02. The summed E-state index contributed by atoms with van der Waals surface area (Å²) in [5.41, 5.74) is 0.992. The molecule has 5 nitrogen and oxygen atoms in total. The van der Waals surface area contributed by atoms with Gasteiger partial charge in [-0.25, -0.2) is 0 Å². The molecule has 2 aromatic rings. The third kappa shape index (κ3) is 3.42. The van der Waals surface area contributed by atoms with E-state index in [1.807, 2.05) is 18.3 Å². The molecular formula is C12H18N4O. The third-order valence-electron chi connectivity index (χ3n) is 2.30. The van der Waals surface area contributed by atoms with Crippen LogP contribution >= 0.6 is 0 Å². The van der Waals surface area contributed by atoms with Crippen LogP contribution in [0.3, 0.4) is 0 Å². The summed E-state index contributed by atoms with van der Waals surface area (Å²) in [6, 6.07) is 3.83. The molecule has 2 N–H and O–H groups in total. The van der Waals surface area contributed by atoms with E-state index in [2.05, 4.69) is 41.2 Å². The molecule has 0 fully saturated rings. The normalized spacial score (nSPS) is 11.9. The summed E-state index contributed by atoms with van der Waals surface area (Å²) in [5.74, 6) is 1.27. The van der Waals surface area contributed by atoms with Crippen molar-refractivity contribution in [3.05, 3.63) is 24.2 Å². The van der Waals surface area contributed by atoms with Crippen LogP contribution in [0.25, 0.3) is 11.5 Å². The molecule has 0 radical (unpaired) electrons. The average molecular weight is 234 g/mol. The third-order valence-corrected chi connectivity index (χ3v) is 2.30. The van der Waals surface area contributed by atoms with E-state index in [-0.39, 0.29) is 5.54 Å². The summed E-state index contributed by atoms with van der Waals surface area (Å²) in [4.78, 5) is 7.37. The Morgan fingerprint density at radius 3 is 2.88 bits per heavy atom. The number of hydrogen-bond acceptors (Lipinski definition) is 4. The van der Waals surface area contributed by atoms with E-state index >= 15 is 0 Å². The Hall–Kier alpha value is -1.62. The summed E-state index contributed by atoms with van der Waals surface area (Å²) in [6.45, 7) is 7.22. The molecule has 0 aliphatic rings. The molecule has 2 aromatic heterocycles. The zero-order valence-electron chi connectivity index (χ0n) is 10.4. The van der Waals surface area contributed by atoms with Gasteiger partial charge in [0.15, 0.2) is 0 Å². The van der Waals surface area contributed by atoms with Gasteiger partial charge in [0.25, 0.3) is 0 Å². The van der Waals surface area contributed by atoms with Gasteiger partial charge in [0, 0.05) is 24.7 Å². The maximum Gasteiger partial charge on any atom is 0.228 e. The standard InChI is InChI=1S/C12H18N4O/c1-12(2,3)14-8-6-10-15-11(16-17-10)9-5-4-7-13-9/h4-5,7,13-14H,6,8H2,1-3H3. The number of rotatable bonds is 4. The summed E-state index contributed by atoms with van der Waals surface area (Å²) in [7, 11) is 0. The van der Waals surface area contributed by atoms with Gasteiger partial charge in [0.1, 0.15) is 0 Å². The zero-order chi connectivity index (χ0) is 12.3. The molecule has 0 saturated heterocycles. The molecule has 0 unspecified atom stereocenters. The number of nitrogens with zero attached hydrogens (tertiary/aromatic N) is 2. The molecule has 2 heterocycles. The van der Waals surface area contributed by atoms with Gasteiger partial charge in [-0.1, -0.05) is 5.16 Å². The van der Waals surface area contributed by atoms with Crippen molar-refractivity contribution < 1.29 is 4.52 Å². The highest BCUT2D eigenvalue weighted by atomic mass is 16.5. The van der Waals surface area contributed by atoms with Crippen molar-refractivity contribution in [3.8, 4) is 11.5 Å². The first kappa shape index (κ1) is 11.9. The van der Waals surface area contributed by atoms with E-state index < -0.39 is 0 Å². The summed E-state index contributed by atoms with van der Waals surface area (Å²) < 4.78 is 5.18. The number of aromatic nitrogens is 3. The highest BCUT2D eigenvalue weighted by Gasteiger charge is 2.11. The van der Waals surface area contributed by atoms with Gasteiger partial charge in [-0.05, 0) is 32.9 Å². The van der Waals surface area contributed by atoms with Crippen molar-refractivity contribution in [1.82, 2.24) is 20.4 Å². The van der Waals surface area contributed by atoms with Crippen LogP contribution in [0.4, 0.5) is 0 Å². The second-order valence-corrected chi connectivity index (χ2v) is 5.02. The Bertz CT molecular complexity index is 453. The van der Waals surface area contributed by atoms with Crippen LogP contribution < -0.4 is 5.32 Å². The molecule has 0 aliphatic carbocycles. The van der Waals surface area contributed by atoms with Gasteiger partial charge in [-0.15, -0.1) is 0 Å². The molecule has 17 heavy (non-hydrogen) atoms. The smallest absolute Gasteiger partial charge is 0.228 e. The van der Waals surface area contributed by atoms with Gasteiger partial charge in [0.05, 0.1) is 5.69 Å². The topological polar surface area (TPSA) is 66.7 Å². The Balaban J connectivity index is 1.91. The van der Waals surface area contributed by atoms with Crippen LogP contribution in [0, 0.1) is 0 Å². The van der Waals surface area contributed by atoms with Crippen LogP contribution in [0.2, 0.25) is 0 Å². The Morgan fingerprint density at radius 2 is 2.24 bits per heavy atom. The molecule has 0 aromatic carbocycles. The molecule has 0 saturated carbocycles. The van der Waals surface area contributed by atoms with Crippen molar-refractivity contribution in [2.75, 3.05) is 6.54 Å². The van der Waals surface area contributed by atoms with E-state index in [9.17, 15) is 0 Å². The lowest BCUT2D eigenvalue weighted by molar-refractivity contribution is 0.362. The monoisotopic (exact) mass is 234 g/mol.